The molecule has 0 bridgehead atoms. The van der Waals surface area contributed by atoms with Crippen molar-refractivity contribution in [3.63, 3.8) is 0 Å². The molecule has 1 heterocycles. The summed E-state index contributed by atoms with van der Waals surface area (Å²) in [5, 5.41) is 3.10. The fraction of sp³-hybridized carbons (Fsp3) is 0.143. The average Bonchev–Trinajstić information content (AvgIpc) is 2.85. The monoisotopic (exact) mass is 500 g/mol. The van der Waals surface area contributed by atoms with Crippen molar-refractivity contribution in [3.05, 3.63) is 102 Å². The fourth-order valence-electron chi connectivity index (χ4n) is 3.47. The molecule has 0 atom stereocenters. The van der Waals surface area contributed by atoms with Crippen LogP contribution in [-0.2, 0) is 4.74 Å². The Hall–Kier alpha value is -4.23. The van der Waals surface area contributed by atoms with Gasteiger partial charge in [0.2, 0.25) is 5.28 Å². The van der Waals surface area contributed by atoms with Crippen LogP contribution in [0.5, 0.6) is 0 Å². The van der Waals surface area contributed by atoms with Crippen molar-refractivity contribution in [2.75, 3.05) is 10.2 Å². The zero-order valence-corrected chi connectivity index (χ0v) is 20.9. The lowest BCUT2D eigenvalue weighted by molar-refractivity contribution is 0.0599. The molecule has 3 aromatic carbocycles. The van der Waals surface area contributed by atoms with Crippen LogP contribution >= 0.6 is 11.6 Å². The average molecular weight is 501 g/mol. The van der Waals surface area contributed by atoms with Crippen LogP contribution in [0.25, 0.3) is 11.1 Å². The van der Waals surface area contributed by atoms with E-state index in [1.165, 1.54) is 4.90 Å². The normalized spacial score (nSPS) is 11.0. The van der Waals surface area contributed by atoms with Gasteiger partial charge in [0, 0.05) is 23.5 Å². The van der Waals surface area contributed by atoms with Crippen LogP contribution in [0, 0.1) is 0 Å². The predicted octanol–water partition coefficient (Wildman–Crippen LogP) is 7.12. The van der Waals surface area contributed by atoms with E-state index in [4.69, 9.17) is 16.3 Å². The van der Waals surface area contributed by atoms with Crippen LogP contribution in [0.1, 0.15) is 31.1 Å². The van der Waals surface area contributed by atoms with Gasteiger partial charge in [-0.2, -0.15) is 0 Å². The van der Waals surface area contributed by atoms with Gasteiger partial charge in [-0.15, -0.1) is 0 Å². The zero-order valence-electron chi connectivity index (χ0n) is 20.1. The van der Waals surface area contributed by atoms with Crippen LogP contribution < -0.4 is 10.2 Å². The van der Waals surface area contributed by atoms with Gasteiger partial charge in [0.15, 0.2) is 0 Å². The summed E-state index contributed by atoms with van der Waals surface area (Å²) in [5.41, 5.74) is 2.96. The summed E-state index contributed by atoms with van der Waals surface area (Å²) in [5.74, 6) is -0.321. The first-order valence-electron chi connectivity index (χ1n) is 11.3. The summed E-state index contributed by atoms with van der Waals surface area (Å²) in [4.78, 5) is 35.8. The van der Waals surface area contributed by atoms with E-state index in [0.29, 0.717) is 22.6 Å². The molecule has 0 radical (unpaired) electrons. The summed E-state index contributed by atoms with van der Waals surface area (Å²) in [6, 6.07) is 23.3. The predicted molar refractivity (Wildman–Crippen MR) is 142 cm³/mol. The molecule has 4 aromatic rings. The molecule has 1 N–H and O–H groups in total. The Morgan fingerprint density at radius 3 is 2.08 bits per heavy atom. The second-order valence-electron chi connectivity index (χ2n) is 8.94. The van der Waals surface area contributed by atoms with Crippen LogP contribution in [0.3, 0.4) is 0 Å². The lowest BCUT2D eigenvalue weighted by atomic mass is 10.1. The lowest BCUT2D eigenvalue weighted by Crippen LogP contribution is -2.34. The number of hydrogen-bond acceptors (Lipinski definition) is 5. The van der Waals surface area contributed by atoms with Gasteiger partial charge in [-0.25, -0.2) is 19.7 Å². The van der Waals surface area contributed by atoms with Gasteiger partial charge in [0.25, 0.3) is 5.91 Å². The number of ether oxygens (including phenoxy) is 1. The van der Waals surface area contributed by atoms with Crippen LogP contribution in [0.15, 0.2) is 91.3 Å². The van der Waals surface area contributed by atoms with Crippen molar-refractivity contribution in [3.8, 4) is 11.1 Å². The highest BCUT2D eigenvalue weighted by atomic mass is 35.5. The van der Waals surface area contributed by atoms with E-state index < -0.39 is 11.7 Å². The van der Waals surface area contributed by atoms with Gasteiger partial charge in [-0.3, -0.25) is 4.79 Å². The number of hydrogen-bond donors (Lipinski definition) is 1. The van der Waals surface area contributed by atoms with Gasteiger partial charge in [-0.1, -0.05) is 42.5 Å². The number of aromatic nitrogens is 2. The topological polar surface area (TPSA) is 84.4 Å². The quantitative estimate of drug-likeness (QED) is 0.295. The molecular weight excluding hydrogens is 476 g/mol. The third-order valence-electron chi connectivity index (χ3n) is 5.08. The molecule has 2 amide bonds. The minimum atomic E-state index is -0.695. The van der Waals surface area contributed by atoms with E-state index >= 15 is 0 Å². The number of amides is 2. The van der Waals surface area contributed by atoms with E-state index in [2.05, 4.69) is 15.3 Å². The third kappa shape index (κ3) is 6.06. The molecule has 0 aliphatic rings. The zero-order chi connectivity index (χ0) is 25.7. The largest absolute Gasteiger partial charge is 0.443 e. The van der Waals surface area contributed by atoms with E-state index in [9.17, 15) is 9.59 Å². The molecule has 0 spiro atoms. The number of carbonyl (C=O) groups excluding carboxylic acids is 2. The minimum absolute atomic E-state index is 0.171. The van der Waals surface area contributed by atoms with E-state index in [0.717, 1.165) is 11.1 Å². The number of nitrogens with zero attached hydrogens (tertiary/aromatic N) is 3. The number of nitrogens with one attached hydrogen (secondary N) is 1. The maximum absolute atomic E-state index is 13.2. The summed E-state index contributed by atoms with van der Waals surface area (Å²) in [6.45, 7) is 5.42. The number of anilines is 3. The molecule has 0 aliphatic carbocycles. The number of halogens is 1. The summed E-state index contributed by atoms with van der Waals surface area (Å²) in [7, 11) is 0. The Morgan fingerprint density at radius 1 is 0.833 bits per heavy atom. The number of benzene rings is 3. The van der Waals surface area contributed by atoms with Crippen LogP contribution in [-0.4, -0.2) is 27.6 Å². The standard InChI is InChI=1S/C28H25ClN4O3/c1-28(2,3)36-27(35)33(22-9-5-4-6-10-22)24-12-8-7-11-23(24)32-25(34)20-15-13-19(14-16-20)21-17-30-26(29)31-18-21/h4-18H,1-3H3,(H,32,34). The molecule has 4 rings (SSSR count). The molecule has 36 heavy (non-hydrogen) atoms. The maximum atomic E-state index is 13.2. The van der Waals surface area contributed by atoms with Gasteiger partial charge in [0.05, 0.1) is 17.1 Å². The van der Waals surface area contributed by atoms with Crippen molar-refractivity contribution < 1.29 is 14.3 Å². The molecule has 7 nitrogen and oxygen atoms in total. The Balaban J connectivity index is 1.62. The molecule has 0 saturated carbocycles. The van der Waals surface area contributed by atoms with E-state index in [-0.39, 0.29) is 11.2 Å². The Labute approximate surface area is 214 Å². The second-order valence-corrected chi connectivity index (χ2v) is 9.28. The molecule has 8 heteroatoms. The SMILES string of the molecule is CC(C)(C)OC(=O)N(c1ccccc1)c1ccccc1NC(=O)c1ccc(-c2cnc(Cl)nc2)cc1. The smallest absolute Gasteiger partial charge is 0.419 e. The van der Waals surface area contributed by atoms with Gasteiger partial charge in [-0.05, 0) is 74.3 Å². The molecule has 1 aromatic heterocycles. The van der Waals surface area contributed by atoms with Crippen molar-refractivity contribution >= 4 is 40.7 Å². The first kappa shape index (κ1) is 24.9. The Bertz CT molecular complexity index is 1350. The van der Waals surface area contributed by atoms with Crippen molar-refractivity contribution in [1.29, 1.82) is 0 Å². The lowest BCUT2D eigenvalue weighted by Gasteiger charge is -2.29. The van der Waals surface area contributed by atoms with Crippen molar-refractivity contribution in [1.82, 2.24) is 9.97 Å². The van der Waals surface area contributed by atoms with Gasteiger partial charge in [0.1, 0.15) is 5.60 Å². The third-order valence-corrected chi connectivity index (χ3v) is 5.28. The van der Waals surface area contributed by atoms with Gasteiger partial charge < -0.3 is 10.1 Å². The van der Waals surface area contributed by atoms with Crippen LogP contribution in [0.4, 0.5) is 21.9 Å². The maximum Gasteiger partial charge on any atom is 0.419 e. The minimum Gasteiger partial charge on any atom is -0.443 e. The summed E-state index contributed by atoms with van der Waals surface area (Å²) in [6.07, 6.45) is 2.69. The van der Waals surface area contributed by atoms with Crippen molar-refractivity contribution in [2.24, 2.45) is 0 Å². The fourth-order valence-corrected chi connectivity index (χ4v) is 3.57. The summed E-state index contributed by atoms with van der Waals surface area (Å²) < 4.78 is 5.67. The molecule has 0 fully saturated rings. The number of para-hydroxylation sites is 3. The molecule has 0 aliphatic heterocycles. The molecular formula is C28H25ClN4O3. The highest BCUT2D eigenvalue weighted by Gasteiger charge is 2.27. The highest BCUT2D eigenvalue weighted by Crippen LogP contribution is 2.34. The van der Waals surface area contributed by atoms with Crippen LogP contribution in [0.2, 0.25) is 5.28 Å². The first-order chi connectivity index (χ1) is 17.2. The molecule has 0 unspecified atom stereocenters. The summed E-state index contributed by atoms with van der Waals surface area (Å²) >= 11 is 5.76. The molecule has 0 saturated heterocycles. The second kappa shape index (κ2) is 10.6. The van der Waals surface area contributed by atoms with E-state index in [1.807, 2.05) is 63.2 Å². The highest BCUT2D eigenvalue weighted by molar-refractivity contribution is 6.28. The first-order valence-corrected chi connectivity index (χ1v) is 11.7. The Kier molecular flexibility index (Phi) is 7.31. The van der Waals surface area contributed by atoms with Crippen molar-refractivity contribution in [2.45, 2.75) is 26.4 Å². The van der Waals surface area contributed by atoms with Gasteiger partial charge >= 0.3 is 6.09 Å². The number of carbonyl (C=O) groups is 2. The Morgan fingerprint density at radius 2 is 1.44 bits per heavy atom. The molecule has 182 valence electrons. The number of rotatable bonds is 5. The van der Waals surface area contributed by atoms with E-state index in [1.54, 1.807) is 48.8 Å².